The molecule has 104 valence electrons. The van der Waals surface area contributed by atoms with E-state index in [0.29, 0.717) is 12.2 Å². The number of hydrogen-bond acceptors (Lipinski definition) is 3. The number of unbranched alkanes of at least 4 members (excludes halogenated alkanes) is 3. The van der Waals surface area contributed by atoms with Gasteiger partial charge in [0.15, 0.2) is 0 Å². The van der Waals surface area contributed by atoms with E-state index in [4.69, 9.17) is 9.15 Å². The molecule has 0 aliphatic heterocycles. The topological polar surface area (TPSA) is 70.9 Å². The second kappa shape index (κ2) is 7.59. The summed E-state index contributed by atoms with van der Waals surface area (Å²) in [6, 6.07) is 8.76. The Kier molecular flexibility index (Phi) is 6.09. The van der Waals surface area contributed by atoms with Crippen LogP contribution in [-0.4, -0.2) is 12.1 Å². The first-order valence-corrected chi connectivity index (χ1v) is 6.46. The van der Waals surface area contributed by atoms with Crippen molar-refractivity contribution in [1.29, 1.82) is 0 Å². The summed E-state index contributed by atoms with van der Waals surface area (Å²) in [5, 5.41) is 0.910. The van der Waals surface area contributed by atoms with Gasteiger partial charge in [0, 0.05) is 17.5 Å². The fraction of sp³-hybridized carbons (Fsp3) is 0.400. The Balaban J connectivity index is 0.00000180. The molecule has 0 saturated heterocycles. The van der Waals surface area contributed by atoms with Crippen molar-refractivity contribution in [3.05, 3.63) is 40.8 Å². The maximum Gasteiger partial charge on any atom is 0.336 e. The van der Waals surface area contributed by atoms with Gasteiger partial charge in [-0.15, -0.1) is 0 Å². The molecule has 0 unspecified atom stereocenters. The average Bonchev–Trinajstić information content (AvgIpc) is 2.38. The summed E-state index contributed by atoms with van der Waals surface area (Å²) >= 11 is 0. The van der Waals surface area contributed by atoms with Gasteiger partial charge in [-0.1, -0.05) is 26.2 Å². The highest BCUT2D eigenvalue weighted by molar-refractivity contribution is 5.77. The van der Waals surface area contributed by atoms with Crippen molar-refractivity contribution in [2.24, 2.45) is 0 Å². The van der Waals surface area contributed by atoms with Gasteiger partial charge in [-0.25, -0.2) is 4.79 Å². The van der Waals surface area contributed by atoms with Crippen LogP contribution in [0.1, 0.15) is 32.6 Å². The van der Waals surface area contributed by atoms with Crippen molar-refractivity contribution in [3.63, 3.8) is 0 Å². The third-order valence-corrected chi connectivity index (χ3v) is 2.86. The molecule has 19 heavy (non-hydrogen) atoms. The Morgan fingerprint density at radius 1 is 1.11 bits per heavy atom. The molecule has 1 aromatic heterocycles. The van der Waals surface area contributed by atoms with Gasteiger partial charge in [-0.3, -0.25) is 0 Å². The average molecular weight is 264 g/mol. The molecule has 0 aliphatic rings. The van der Waals surface area contributed by atoms with Crippen molar-refractivity contribution in [2.45, 2.75) is 32.6 Å². The second-order valence-corrected chi connectivity index (χ2v) is 4.36. The van der Waals surface area contributed by atoms with Crippen LogP contribution in [0.3, 0.4) is 0 Å². The zero-order valence-electron chi connectivity index (χ0n) is 11.1. The first-order valence-electron chi connectivity index (χ1n) is 6.46. The molecule has 0 aliphatic carbocycles. The molecule has 1 heterocycles. The minimum atomic E-state index is -0.331. The molecular formula is C15H20O4. The number of hydrogen-bond donors (Lipinski definition) is 0. The zero-order chi connectivity index (χ0) is 12.8. The van der Waals surface area contributed by atoms with Gasteiger partial charge in [0.2, 0.25) is 0 Å². The smallest absolute Gasteiger partial charge is 0.336 e. The first-order chi connectivity index (χ1) is 8.79. The highest BCUT2D eigenvalue weighted by Gasteiger charge is 2.00. The van der Waals surface area contributed by atoms with Crippen molar-refractivity contribution in [2.75, 3.05) is 6.61 Å². The zero-order valence-corrected chi connectivity index (χ0v) is 11.1. The van der Waals surface area contributed by atoms with Crippen molar-refractivity contribution in [1.82, 2.24) is 0 Å². The van der Waals surface area contributed by atoms with Crippen LogP contribution < -0.4 is 10.4 Å². The van der Waals surface area contributed by atoms with Crippen LogP contribution in [0.5, 0.6) is 5.75 Å². The van der Waals surface area contributed by atoms with E-state index in [1.807, 2.05) is 12.1 Å². The highest BCUT2D eigenvalue weighted by atomic mass is 16.5. The summed E-state index contributed by atoms with van der Waals surface area (Å²) in [5.74, 6) is 0.758. The Morgan fingerprint density at radius 2 is 1.89 bits per heavy atom. The van der Waals surface area contributed by atoms with Crippen LogP contribution >= 0.6 is 0 Å². The minimum Gasteiger partial charge on any atom is -0.493 e. The summed E-state index contributed by atoms with van der Waals surface area (Å²) in [5.41, 5.74) is 0.246. The highest BCUT2D eigenvalue weighted by Crippen LogP contribution is 2.19. The third-order valence-electron chi connectivity index (χ3n) is 2.86. The molecule has 0 spiro atoms. The molecule has 0 radical (unpaired) electrons. The van der Waals surface area contributed by atoms with E-state index in [2.05, 4.69) is 6.92 Å². The predicted molar refractivity (Wildman–Crippen MR) is 75.7 cm³/mol. The Bertz CT molecular complexity index is 559. The van der Waals surface area contributed by atoms with E-state index in [-0.39, 0.29) is 11.1 Å². The number of benzene rings is 1. The summed E-state index contributed by atoms with van der Waals surface area (Å²) in [4.78, 5) is 11.1. The quantitative estimate of drug-likeness (QED) is 0.595. The molecule has 0 fully saturated rings. The predicted octanol–water partition coefficient (Wildman–Crippen LogP) is 2.93. The molecule has 0 amide bonds. The summed E-state index contributed by atoms with van der Waals surface area (Å²) in [6.45, 7) is 2.90. The third kappa shape index (κ3) is 4.41. The molecule has 1 aromatic carbocycles. The number of fused-ring (bicyclic) bond motifs is 1. The van der Waals surface area contributed by atoms with Gasteiger partial charge in [-0.2, -0.15) is 0 Å². The molecule has 4 nitrogen and oxygen atoms in total. The molecule has 2 aromatic rings. The molecule has 2 rings (SSSR count). The van der Waals surface area contributed by atoms with E-state index in [1.165, 1.54) is 25.3 Å². The summed E-state index contributed by atoms with van der Waals surface area (Å²) < 4.78 is 10.8. The molecule has 0 saturated carbocycles. The second-order valence-electron chi connectivity index (χ2n) is 4.36. The van der Waals surface area contributed by atoms with E-state index in [0.717, 1.165) is 17.6 Å². The van der Waals surface area contributed by atoms with Crippen LogP contribution in [0, 0.1) is 0 Å². The molecular weight excluding hydrogens is 244 g/mol. The van der Waals surface area contributed by atoms with E-state index in [1.54, 1.807) is 12.1 Å². The van der Waals surface area contributed by atoms with Gasteiger partial charge in [-0.05, 0) is 24.6 Å². The SMILES string of the molecule is CCCCCCOc1ccc2ccc(=O)oc2c1.O. The van der Waals surface area contributed by atoms with Crippen LogP contribution in [0.4, 0.5) is 0 Å². The van der Waals surface area contributed by atoms with Gasteiger partial charge in [0.05, 0.1) is 6.61 Å². The Morgan fingerprint density at radius 3 is 2.68 bits per heavy atom. The number of ether oxygens (including phenoxy) is 1. The monoisotopic (exact) mass is 264 g/mol. The number of rotatable bonds is 6. The van der Waals surface area contributed by atoms with Gasteiger partial charge in [0.1, 0.15) is 11.3 Å². The lowest BCUT2D eigenvalue weighted by atomic mass is 10.2. The fourth-order valence-electron chi connectivity index (χ4n) is 1.85. The lowest BCUT2D eigenvalue weighted by Gasteiger charge is -2.06. The largest absolute Gasteiger partial charge is 0.493 e. The van der Waals surface area contributed by atoms with E-state index < -0.39 is 0 Å². The van der Waals surface area contributed by atoms with Crippen molar-refractivity contribution >= 4 is 11.0 Å². The lowest BCUT2D eigenvalue weighted by molar-refractivity contribution is 0.305. The summed E-state index contributed by atoms with van der Waals surface area (Å²) in [6.07, 6.45) is 4.72. The Labute approximate surface area is 112 Å². The van der Waals surface area contributed by atoms with Crippen LogP contribution in [0.2, 0.25) is 0 Å². The first kappa shape index (κ1) is 15.2. The standard InChI is InChI=1S/C15H18O3.H2O/c1-2-3-4-5-10-17-13-8-6-12-7-9-15(16)18-14(12)11-13;/h6-9,11H,2-5,10H2,1H3;1H2. The molecule has 4 heteroatoms. The van der Waals surface area contributed by atoms with Crippen molar-refractivity contribution < 1.29 is 14.6 Å². The molecule has 0 atom stereocenters. The van der Waals surface area contributed by atoms with Crippen molar-refractivity contribution in [3.8, 4) is 5.75 Å². The normalized spacial score (nSPS) is 10.2. The van der Waals surface area contributed by atoms with Gasteiger partial charge >= 0.3 is 5.63 Å². The van der Waals surface area contributed by atoms with Crippen LogP contribution in [-0.2, 0) is 0 Å². The summed E-state index contributed by atoms with van der Waals surface area (Å²) in [7, 11) is 0. The molecule has 2 N–H and O–H groups in total. The molecule has 0 bridgehead atoms. The fourth-order valence-corrected chi connectivity index (χ4v) is 1.85. The van der Waals surface area contributed by atoms with E-state index in [9.17, 15) is 4.79 Å². The van der Waals surface area contributed by atoms with Crippen LogP contribution in [0.25, 0.3) is 11.0 Å². The maximum absolute atomic E-state index is 11.1. The lowest BCUT2D eigenvalue weighted by Crippen LogP contribution is -1.98. The van der Waals surface area contributed by atoms with Crippen LogP contribution in [0.15, 0.2) is 39.5 Å². The Hall–Kier alpha value is -1.81. The maximum atomic E-state index is 11.1. The van der Waals surface area contributed by atoms with Gasteiger partial charge < -0.3 is 14.6 Å². The van der Waals surface area contributed by atoms with Gasteiger partial charge in [0.25, 0.3) is 0 Å². The van der Waals surface area contributed by atoms with E-state index >= 15 is 0 Å². The minimum absolute atomic E-state index is 0.